The van der Waals surface area contributed by atoms with Gasteiger partial charge in [-0.1, -0.05) is 11.8 Å². The van der Waals surface area contributed by atoms with Crippen LogP contribution in [0, 0.1) is 11.3 Å². The van der Waals surface area contributed by atoms with Crippen LogP contribution in [0.25, 0.3) is 0 Å². The number of nitrogens with one attached hydrogen (secondary N) is 1. The van der Waals surface area contributed by atoms with E-state index in [1.807, 2.05) is 0 Å². The fourth-order valence-corrected chi connectivity index (χ4v) is 3.07. The van der Waals surface area contributed by atoms with E-state index in [4.69, 9.17) is 5.41 Å². The summed E-state index contributed by atoms with van der Waals surface area (Å²) in [4.78, 5) is 36.2. The van der Waals surface area contributed by atoms with Gasteiger partial charge in [0.2, 0.25) is 5.91 Å². The summed E-state index contributed by atoms with van der Waals surface area (Å²) in [5.41, 5.74) is 0.241. The Kier molecular flexibility index (Phi) is 3.61. The van der Waals surface area contributed by atoms with Crippen LogP contribution < -0.4 is 0 Å². The average Bonchev–Trinajstić information content (AvgIpc) is 2.80. The summed E-state index contributed by atoms with van der Waals surface area (Å²) in [6.07, 6.45) is 0.0181. The molecule has 1 atom stereocenters. The first-order chi connectivity index (χ1) is 9.01. The van der Waals surface area contributed by atoms with E-state index in [0.29, 0.717) is 5.03 Å². The third-order valence-electron chi connectivity index (χ3n) is 2.94. The molecule has 0 spiro atoms. The SMILES string of the molecule is COC(=O)C1=C2SCC(=O)N2C(=N)C(C(=O)OC)C1. The number of ether oxygens (including phenoxy) is 2. The maximum atomic E-state index is 11.8. The first-order valence-corrected chi connectivity index (χ1v) is 6.43. The lowest BCUT2D eigenvalue weighted by Gasteiger charge is -2.30. The Labute approximate surface area is 113 Å². The minimum atomic E-state index is -0.953. The minimum Gasteiger partial charge on any atom is -0.468 e. The molecule has 0 radical (unpaired) electrons. The number of carbonyl (C=O) groups excluding carboxylic acids is 3. The van der Waals surface area contributed by atoms with Crippen molar-refractivity contribution in [3.05, 3.63) is 10.6 Å². The summed E-state index contributed by atoms with van der Waals surface area (Å²) in [6, 6.07) is 0. The highest BCUT2D eigenvalue weighted by molar-refractivity contribution is 8.04. The first-order valence-electron chi connectivity index (χ1n) is 5.44. The van der Waals surface area contributed by atoms with E-state index in [0.717, 1.165) is 4.90 Å². The molecular weight excluding hydrogens is 272 g/mol. The van der Waals surface area contributed by atoms with Crippen molar-refractivity contribution in [2.75, 3.05) is 20.0 Å². The van der Waals surface area contributed by atoms with E-state index in [1.165, 1.54) is 26.0 Å². The highest BCUT2D eigenvalue weighted by Gasteiger charge is 2.45. The van der Waals surface area contributed by atoms with Gasteiger partial charge in [-0.25, -0.2) is 4.79 Å². The van der Waals surface area contributed by atoms with Gasteiger partial charge in [-0.2, -0.15) is 0 Å². The minimum absolute atomic E-state index is 0.0181. The average molecular weight is 284 g/mol. The zero-order valence-electron chi connectivity index (χ0n) is 10.4. The van der Waals surface area contributed by atoms with Gasteiger partial charge >= 0.3 is 11.9 Å². The molecule has 2 aliphatic heterocycles. The Morgan fingerprint density at radius 2 is 2.05 bits per heavy atom. The predicted octanol–water partition coefficient (Wildman–Crippen LogP) is 0.117. The standard InChI is InChI=1S/C11H12N2O5S/c1-17-10(15)5-3-6(11(16)18-2)9-13(8(5)12)7(14)4-19-9/h5,12H,3-4H2,1-2H3. The van der Waals surface area contributed by atoms with Crippen LogP contribution >= 0.6 is 11.8 Å². The molecule has 1 unspecified atom stereocenters. The van der Waals surface area contributed by atoms with Crippen LogP contribution in [0.3, 0.4) is 0 Å². The summed E-state index contributed by atoms with van der Waals surface area (Å²) in [7, 11) is 2.43. The van der Waals surface area contributed by atoms with Crippen LogP contribution in [-0.4, -0.2) is 48.6 Å². The van der Waals surface area contributed by atoms with Crippen molar-refractivity contribution < 1.29 is 23.9 Å². The van der Waals surface area contributed by atoms with Crippen LogP contribution in [0.15, 0.2) is 10.6 Å². The van der Waals surface area contributed by atoms with Gasteiger partial charge in [0.25, 0.3) is 0 Å². The molecule has 0 aromatic carbocycles. The molecule has 0 saturated carbocycles. The fraction of sp³-hybridized carbons (Fsp3) is 0.455. The van der Waals surface area contributed by atoms with E-state index >= 15 is 0 Å². The first kappa shape index (κ1) is 13.6. The Balaban J connectivity index is 2.46. The van der Waals surface area contributed by atoms with Gasteiger partial charge in [-0.3, -0.25) is 19.9 Å². The molecular formula is C11H12N2O5S. The number of thioether (sulfide) groups is 1. The van der Waals surface area contributed by atoms with Crippen LogP contribution in [0.1, 0.15) is 6.42 Å². The van der Waals surface area contributed by atoms with Crippen molar-refractivity contribution in [3.63, 3.8) is 0 Å². The molecule has 8 heteroatoms. The predicted molar refractivity (Wildman–Crippen MR) is 66.2 cm³/mol. The van der Waals surface area contributed by atoms with Crippen molar-refractivity contribution >= 4 is 35.4 Å². The second kappa shape index (κ2) is 5.04. The number of fused-ring (bicyclic) bond motifs is 1. The van der Waals surface area contributed by atoms with Crippen molar-refractivity contribution in [1.29, 1.82) is 5.41 Å². The van der Waals surface area contributed by atoms with Gasteiger partial charge in [-0.15, -0.1) is 0 Å². The Morgan fingerprint density at radius 1 is 1.37 bits per heavy atom. The largest absolute Gasteiger partial charge is 0.468 e. The number of methoxy groups -OCH3 is 2. The molecule has 1 fully saturated rings. The number of hydrogen-bond acceptors (Lipinski definition) is 7. The Hall–Kier alpha value is -1.83. The van der Waals surface area contributed by atoms with Crippen molar-refractivity contribution in [1.82, 2.24) is 4.90 Å². The third-order valence-corrected chi connectivity index (χ3v) is 4.03. The summed E-state index contributed by atoms with van der Waals surface area (Å²) in [5.74, 6) is -2.51. The zero-order valence-corrected chi connectivity index (χ0v) is 11.2. The fourth-order valence-electron chi connectivity index (χ4n) is 2.01. The second-order valence-corrected chi connectivity index (χ2v) is 4.92. The topological polar surface area (TPSA) is 96.8 Å². The lowest BCUT2D eigenvalue weighted by Crippen LogP contribution is -2.44. The molecule has 2 rings (SSSR count). The smallest absolute Gasteiger partial charge is 0.336 e. The van der Waals surface area contributed by atoms with Gasteiger partial charge in [0.1, 0.15) is 11.8 Å². The maximum Gasteiger partial charge on any atom is 0.336 e. The molecule has 0 bridgehead atoms. The van der Waals surface area contributed by atoms with E-state index in [2.05, 4.69) is 9.47 Å². The lowest BCUT2D eigenvalue weighted by molar-refractivity contribution is -0.143. The molecule has 0 aromatic rings. The quantitative estimate of drug-likeness (QED) is 0.723. The van der Waals surface area contributed by atoms with E-state index in [1.54, 1.807) is 0 Å². The van der Waals surface area contributed by atoms with Gasteiger partial charge in [0.05, 0.1) is 30.6 Å². The number of amides is 1. The molecule has 0 aromatic heterocycles. The van der Waals surface area contributed by atoms with Crippen LogP contribution in [0.2, 0.25) is 0 Å². The van der Waals surface area contributed by atoms with Gasteiger partial charge in [-0.05, 0) is 0 Å². The lowest BCUT2D eigenvalue weighted by atomic mass is 9.94. The number of rotatable bonds is 2. The molecule has 19 heavy (non-hydrogen) atoms. The third kappa shape index (κ3) is 2.12. The van der Waals surface area contributed by atoms with Crippen LogP contribution in [0.5, 0.6) is 0 Å². The summed E-state index contributed by atoms with van der Waals surface area (Å²) in [5, 5.41) is 8.32. The zero-order chi connectivity index (χ0) is 14.2. The van der Waals surface area contributed by atoms with Crippen LogP contribution in [-0.2, 0) is 23.9 Å². The second-order valence-electron chi connectivity index (χ2n) is 3.96. The van der Waals surface area contributed by atoms with Gasteiger partial charge in [0, 0.05) is 6.42 Å². The molecule has 2 aliphatic rings. The number of nitrogens with zero attached hydrogens (tertiary/aromatic N) is 1. The van der Waals surface area contributed by atoms with E-state index in [9.17, 15) is 14.4 Å². The van der Waals surface area contributed by atoms with Crippen LogP contribution in [0.4, 0.5) is 0 Å². The summed E-state index contributed by atoms with van der Waals surface area (Å²) >= 11 is 1.17. The number of carbonyl (C=O) groups is 3. The monoisotopic (exact) mass is 284 g/mol. The maximum absolute atomic E-state index is 11.8. The Morgan fingerprint density at radius 3 is 2.63 bits per heavy atom. The molecule has 7 nitrogen and oxygen atoms in total. The van der Waals surface area contributed by atoms with Gasteiger partial charge in [0.15, 0.2) is 0 Å². The number of hydrogen-bond donors (Lipinski definition) is 1. The summed E-state index contributed by atoms with van der Waals surface area (Å²) in [6.45, 7) is 0. The van der Waals surface area contributed by atoms with Gasteiger partial charge < -0.3 is 9.47 Å². The molecule has 1 amide bonds. The van der Waals surface area contributed by atoms with E-state index in [-0.39, 0.29) is 29.5 Å². The van der Waals surface area contributed by atoms with Crippen molar-refractivity contribution in [2.45, 2.75) is 6.42 Å². The summed E-state index contributed by atoms with van der Waals surface area (Å²) < 4.78 is 9.27. The highest BCUT2D eigenvalue weighted by Crippen LogP contribution is 2.40. The van der Waals surface area contributed by atoms with Crippen molar-refractivity contribution in [2.24, 2.45) is 5.92 Å². The number of amidine groups is 1. The van der Waals surface area contributed by atoms with Crippen molar-refractivity contribution in [3.8, 4) is 0 Å². The highest BCUT2D eigenvalue weighted by atomic mass is 32.2. The normalized spacial score (nSPS) is 22.4. The molecule has 102 valence electrons. The molecule has 0 aliphatic carbocycles. The molecule has 1 N–H and O–H groups in total. The molecule has 2 heterocycles. The van der Waals surface area contributed by atoms with E-state index < -0.39 is 17.9 Å². The Bertz CT molecular complexity index is 513. The molecule has 1 saturated heterocycles. The number of esters is 2.